The molecule has 1 heterocycles. The van der Waals surface area contributed by atoms with Gasteiger partial charge < -0.3 is 9.47 Å². The Morgan fingerprint density at radius 2 is 1.78 bits per heavy atom. The van der Waals surface area contributed by atoms with Gasteiger partial charge in [-0.2, -0.15) is 0 Å². The molecule has 5 rings (SSSR count). The van der Waals surface area contributed by atoms with Crippen LogP contribution in [0.3, 0.4) is 0 Å². The van der Waals surface area contributed by atoms with Gasteiger partial charge in [-0.15, -0.1) is 6.58 Å². The first-order valence-corrected chi connectivity index (χ1v) is 13.6. The molecule has 1 saturated heterocycles. The van der Waals surface area contributed by atoms with Crippen LogP contribution in [0, 0.1) is 46.3 Å². The van der Waals surface area contributed by atoms with Crippen LogP contribution in [0.25, 0.3) is 0 Å². The Bertz CT molecular complexity index is 760. The Balaban J connectivity index is 1.31. The second-order valence-electron chi connectivity index (χ2n) is 13.0. The van der Waals surface area contributed by atoms with E-state index in [4.69, 9.17) is 9.47 Å². The quantitative estimate of drug-likeness (QED) is 0.349. The molecule has 11 atom stereocenters. The average molecular weight is 443 g/mol. The Hall–Kier alpha value is -0.830. The fourth-order valence-corrected chi connectivity index (χ4v) is 9.97. The van der Waals surface area contributed by atoms with E-state index in [9.17, 15) is 4.79 Å². The molecule has 4 aliphatic carbocycles. The van der Waals surface area contributed by atoms with Gasteiger partial charge in [0, 0.05) is 6.92 Å². The Labute approximate surface area is 196 Å². The molecule has 3 nitrogen and oxygen atoms in total. The summed E-state index contributed by atoms with van der Waals surface area (Å²) in [4.78, 5) is 11.5. The highest BCUT2D eigenvalue weighted by Gasteiger charge is 2.65. The van der Waals surface area contributed by atoms with E-state index >= 15 is 0 Å². The van der Waals surface area contributed by atoms with Crippen LogP contribution >= 0.6 is 0 Å². The highest BCUT2D eigenvalue weighted by Crippen LogP contribution is 2.70. The zero-order valence-corrected chi connectivity index (χ0v) is 21.2. The lowest BCUT2D eigenvalue weighted by Gasteiger charge is -2.61. The van der Waals surface area contributed by atoms with E-state index in [0.717, 1.165) is 55.3 Å². The third kappa shape index (κ3) is 3.51. The van der Waals surface area contributed by atoms with Gasteiger partial charge in [0.2, 0.25) is 0 Å². The first-order valence-electron chi connectivity index (χ1n) is 13.6. The molecule has 0 spiro atoms. The second kappa shape index (κ2) is 8.14. The van der Waals surface area contributed by atoms with Gasteiger partial charge in [-0.25, -0.2) is 0 Å². The maximum absolute atomic E-state index is 11.5. The SMILES string of the molecule is C=C(C)CCC1OC2CC3C4CCC5CC(OC(C)=O)CCC5(C)C4CCC3(C)C2C1C. The molecule has 0 aromatic carbocycles. The van der Waals surface area contributed by atoms with Crippen LogP contribution in [0.4, 0.5) is 0 Å². The fraction of sp³-hybridized carbons (Fsp3) is 0.897. The van der Waals surface area contributed by atoms with Crippen LogP contribution in [0.1, 0.15) is 98.8 Å². The molecule has 0 N–H and O–H groups in total. The van der Waals surface area contributed by atoms with Crippen LogP contribution in [0.15, 0.2) is 12.2 Å². The van der Waals surface area contributed by atoms with Gasteiger partial charge in [0.25, 0.3) is 0 Å². The largest absolute Gasteiger partial charge is 0.463 e. The molecule has 32 heavy (non-hydrogen) atoms. The summed E-state index contributed by atoms with van der Waals surface area (Å²) >= 11 is 0. The maximum atomic E-state index is 11.5. The van der Waals surface area contributed by atoms with E-state index < -0.39 is 0 Å². The summed E-state index contributed by atoms with van der Waals surface area (Å²) in [5, 5.41) is 0. The smallest absolute Gasteiger partial charge is 0.302 e. The van der Waals surface area contributed by atoms with E-state index in [1.165, 1.54) is 44.1 Å². The Kier molecular flexibility index (Phi) is 5.83. The molecule has 4 saturated carbocycles. The first kappa shape index (κ1) is 22.9. The summed E-state index contributed by atoms with van der Waals surface area (Å²) < 4.78 is 12.4. The average Bonchev–Trinajstić information content (AvgIpc) is 3.20. The van der Waals surface area contributed by atoms with Gasteiger partial charge in [0.1, 0.15) is 6.10 Å². The summed E-state index contributed by atoms with van der Waals surface area (Å²) in [5.41, 5.74) is 2.19. The van der Waals surface area contributed by atoms with Crippen LogP contribution in [0.5, 0.6) is 0 Å². The monoisotopic (exact) mass is 442 g/mol. The number of esters is 1. The Morgan fingerprint density at radius 1 is 1.03 bits per heavy atom. The molecular formula is C29H46O3. The molecule has 0 aromatic rings. The number of hydrogen-bond donors (Lipinski definition) is 0. The highest BCUT2D eigenvalue weighted by molar-refractivity contribution is 5.66. The second-order valence-corrected chi connectivity index (χ2v) is 13.0. The third-order valence-electron chi connectivity index (χ3n) is 11.4. The number of ether oxygens (including phenoxy) is 2. The molecule has 0 bridgehead atoms. The molecular weight excluding hydrogens is 396 g/mol. The van der Waals surface area contributed by atoms with Gasteiger partial charge in [-0.1, -0.05) is 26.3 Å². The van der Waals surface area contributed by atoms with Crippen LogP contribution in [-0.2, 0) is 14.3 Å². The summed E-state index contributed by atoms with van der Waals surface area (Å²) in [6, 6.07) is 0. The minimum Gasteiger partial charge on any atom is -0.463 e. The van der Waals surface area contributed by atoms with Gasteiger partial charge in [0.05, 0.1) is 12.2 Å². The molecule has 5 fully saturated rings. The summed E-state index contributed by atoms with van der Waals surface area (Å²) in [5.74, 6) is 4.61. The van der Waals surface area contributed by atoms with Crippen LogP contribution in [0.2, 0.25) is 0 Å². The normalized spacial score (nSPS) is 51.8. The minimum atomic E-state index is -0.103. The van der Waals surface area contributed by atoms with Gasteiger partial charge in [-0.3, -0.25) is 4.79 Å². The molecule has 5 aliphatic rings. The summed E-state index contributed by atoms with van der Waals surface area (Å²) in [7, 11) is 0. The Morgan fingerprint density at radius 3 is 2.50 bits per heavy atom. The highest BCUT2D eigenvalue weighted by atomic mass is 16.5. The zero-order chi connectivity index (χ0) is 22.8. The van der Waals surface area contributed by atoms with Crippen molar-refractivity contribution < 1.29 is 14.3 Å². The van der Waals surface area contributed by atoms with Crippen LogP contribution in [-0.4, -0.2) is 24.3 Å². The molecule has 0 amide bonds. The van der Waals surface area contributed by atoms with Gasteiger partial charge in [0.15, 0.2) is 0 Å². The number of fused-ring (bicyclic) bond motifs is 7. The van der Waals surface area contributed by atoms with Crippen molar-refractivity contribution >= 4 is 5.97 Å². The van der Waals surface area contributed by atoms with E-state index in [2.05, 4.69) is 34.3 Å². The van der Waals surface area contributed by atoms with Crippen molar-refractivity contribution in [2.45, 2.75) is 117 Å². The van der Waals surface area contributed by atoms with E-state index in [1.807, 2.05) is 0 Å². The van der Waals surface area contributed by atoms with E-state index in [-0.39, 0.29) is 12.1 Å². The number of hydrogen-bond acceptors (Lipinski definition) is 3. The fourth-order valence-electron chi connectivity index (χ4n) is 9.97. The third-order valence-corrected chi connectivity index (χ3v) is 11.4. The van der Waals surface area contributed by atoms with Crippen molar-refractivity contribution in [3.63, 3.8) is 0 Å². The summed E-state index contributed by atoms with van der Waals surface area (Å²) in [6.07, 6.45) is 13.5. The number of carbonyl (C=O) groups is 1. The molecule has 180 valence electrons. The van der Waals surface area contributed by atoms with Crippen molar-refractivity contribution in [2.75, 3.05) is 0 Å². The molecule has 3 heteroatoms. The number of carbonyl (C=O) groups excluding carboxylic acids is 1. The lowest BCUT2D eigenvalue weighted by Crippen LogP contribution is -2.54. The van der Waals surface area contributed by atoms with Crippen molar-refractivity contribution in [1.29, 1.82) is 0 Å². The van der Waals surface area contributed by atoms with E-state index in [1.54, 1.807) is 6.92 Å². The first-order chi connectivity index (χ1) is 15.1. The lowest BCUT2D eigenvalue weighted by atomic mass is 9.44. The predicted molar refractivity (Wildman–Crippen MR) is 128 cm³/mol. The molecule has 0 radical (unpaired) electrons. The predicted octanol–water partition coefficient (Wildman–Crippen LogP) is 6.95. The topological polar surface area (TPSA) is 35.5 Å². The maximum Gasteiger partial charge on any atom is 0.302 e. The summed E-state index contributed by atoms with van der Waals surface area (Å²) in [6.45, 7) is 15.6. The van der Waals surface area contributed by atoms with Gasteiger partial charge in [-0.05, 0) is 117 Å². The van der Waals surface area contributed by atoms with Crippen molar-refractivity contribution in [1.82, 2.24) is 0 Å². The molecule has 1 aliphatic heterocycles. The van der Waals surface area contributed by atoms with Gasteiger partial charge >= 0.3 is 5.97 Å². The minimum absolute atomic E-state index is 0.103. The van der Waals surface area contributed by atoms with Crippen LogP contribution < -0.4 is 0 Å². The zero-order valence-electron chi connectivity index (χ0n) is 21.2. The van der Waals surface area contributed by atoms with Crippen molar-refractivity contribution in [3.8, 4) is 0 Å². The molecule has 11 unspecified atom stereocenters. The van der Waals surface area contributed by atoms with Crippen molar-refractivity contribution in [3.05, 3.63) is 12.2 Å². The lowest BCUT2D eigenvalue weighted by molar-refractivity contribution is -0.160. The standard InChI is InChI=1S/C29H46O3/c1-17(2)7-10-25-18(3)27-26(32-25)16-24-22-9-8-20-15-21(31-19(4)30)11-13-28(20,5)23(22)12-14-29(24,27)6/h18,20-27H,1,7-16H2,2-6H3. The van der Waals surface area contributed by atoms with Crippen molar-refractivity contribution in [2.24, 2.45) is 46.3 Å². The van der Waals surface area contributed by atoms with E-state index in [0.29, 0.717) is 29.0 Å². The number of allylic oxidation sites excluding steroid dienone is 1. The number of rotatable bonds is 4. The molecule has 0 aromatic heterocycles.